The van der Waals surface area contributed by atoms with Crippen LogP contribution in [0.25, 0.3) is 0 Å². The van der Waals surface area contributed by atoms with E-state index >= 15 is 0 Å². The number of hydrogen-bond acceptors (Lipinski definition) is 7. The number of hydrogen-bond donors (Lipinski definition) is 1. The number of halogens is 3. The van der Waals surface area contributed by atoms with E-state index in [9.17, 15) is 27.6 Å². The molecule has 0 aliphatic carbocycles. The fraction of sp³-hybridized carbons (Fsp3) is 0.579. The molecule has 0 saturated carbocycles. The molecule has 31 heavy (non-hydrogen) atoms. The van der Waals surface area contributed by atoms with Crippen molar-refractivity contribution in [3.05, 3.63) is 12.1 Å². The Kier molecular flexibility index (Phi) is 8.06. The Morgan fingerprint density at radius 2 is 1.90 bits per heavy atom. The summed E-state index contributed by atoms with van der Waals surface area (Å²) in [5, 5.41) is 2.91. The zero-order valence-corrected chi connectivity index (χ0v) is 17.5. The maximum absolute atomic E-state index is 13.0. The Morgan fingerprint density at radius 1 is 1.26 bits per heavy atom. The van der Waals surface area contributed by atoms with Crippen LogP contribution in [0.2, 0.25) is 0 Å². The van der Waals surface area contributed by atoms with Gasteiger partial charge in [-0.2, -0.15) is 18.2 Å². The van der Waals surface area contributed by atoms with Crippen LogP contribution in [0.3, 0.4) is 0 Å². The third-order valence-corrected chi connectivity index (χ3v) is 4.79. The molecule has 12 heteroatoms. The molecule has 0 radical (unpaired) electrons. The van der Waals surface area contributed by atoms with E-state index in [4.69, 9.17) is 9.47 Å². The number of methoxy groups -OCH3 is 1. The van der Waals surface area contributed by atoms with E-state index in [1.807, 2.05) is 0 Å². The van der Waals surface area contributed by atoms with Crippen molar-refractivity contribution in [3.63, 3.8) is 0 Å². The number of nitrogens with one attached hydrogen (secondary N) is 1. The number of rotatable bonds is 7. The Hall–Kier alpha value is -3.05. The number of ether oxygens (including phenoxy) is 2. The Morgan fingerprint density at radius 3 is 2.42 bits per heavy atom. The van der Waals surface area contributed by atoms with Gasteiger partial charge in [-0.05, 0) is 25.8 Å². The molecule has 1 fully saturated rings. The molecule has 0 aromatic carbocycles. The van der Waals surface area contributed by atoms with Gasteiger partial charge in [0.15, 0.2) is 5.82 Å². The van der Waals surface area contributed by atoms with Crippen molar-refractivity contribution >= 4 is 29.3 Å². The molecule has 0 unspecified atom stereocenters. The molecule has 2 amide bonds. The molecule has 0 bridgehead atoms. The lowest BCUT2D eigenvalue weighted by molar-refractivity contribution is -0.186. The number of aromatic nitrogens is 1. The van der Waals surface area contributed by atoms with Gasteiger partial charge in [0.25, 0.3) is 0 Å². The Balaban J connectivity index is 2.33. The van der Waals surface area contributed by atoms with Gasteiger partial charge in [-0.25, -0.2) is 0 Å². The highest BCUT2D eigenvalue weighted by Crippen LogP contribution is 2.32. The highest BCUT2D eigenvalue weighted by Gasteiger charge is 2.44. The van der Waals surface area contributed by atoms with Crippen LogP contribution in [0, 0.1) is 0 Å². The smallest absolute Gasteiger partial charge is 0.471 e. The maximum Gasteiger partial charge on any atom is 0.471 e. The molecular weight excluding hydrogens is 421 g/mol. The first-order valence-corrected chi connectivity index (χ1v) is 9.68. The number of alkyl halides is 3. The molecular formula is C19H25F3N4O5. The van der Waals surface area contributed by atoms with Gasteiger partial charge < -0.3 is 19.7 Å². The van der Waals surface area contributed by atoms with Crippen molar-refractivity contribution < 1.29 is 37.0 Å². The molecule has 2 rings (SSSR count). The molecule has 0 atom stereocenters. The van der Waals surface area contributed by atoms with Crippen molar-refractivity contribution in [1.29, 1.82) is 0 Å². The SMILES string of the molecule is CCOC(=O)CC(=O)N(c1nc(OC)ccc1NC)C1CCN(C(=O)C(F)(F)F)CC1. The van der Waals surface area contributed by atoms with Gasteiger partial charge in [0, 0.05) is 32.2 Å². The topological polar surface area (TPSA) is 101 Å². The summed E-state index contributed by atoms with van der Waals surface area (Å²) in [6.45, 7) is 1.33. The van der Waals surface area contributed by atoms with Gasteiger partial charge in [0.2, 0.25) is 11.8 Å². The standard InChI is InChI=1S/C19H25F3N4O5/c1-4-31-16(28)11-15(27)26(17-13(23-2)5-6-14(24-17)30-3)12-7-9-25(10-8-12)18(29)19(20,21)22/h5-6,12,23H,4,7-11H2,1-3H3. The van der Waals surface area contributed by atoms with E-state index in [1.165, 1.54) is 12.0 Å². The minimum Gasteiger partial charge on any atom is -0.481 e. The van der Waals surface area contributed by atoms with Crippen LogP contribution in [0.1, 0.15) is 26.2 Å². The van der Waals surface area contributed by atoms with Crippen LogP contribution in [-0.4, -0.2) is 73.7 Å². The van der Waals surface area contributed by atoms with Crippen LogP contribution < -0.4 is 15.0 Å². The average Bonchev–Trinajstić information content (AvgIpc) is 2.73. The summed E-state index contributed by atoms with van der Waals surface area (Å²) < 4.78 is 48.2. The lowest BCUT2D eigenvalue weighted by Crippen LogP contribution is -2.52. The molecule has 1 aliphatic heterocycles. The Labute approximate surface area is 177 Å². The van der Waals surface area contributed by atoms with Gasteiger partial charge in [-0.3, -0.25) is 19.3 Å². The third-order valence-electron chi connectivity index (χ3n) is 4.79. The van der Waals surface area contributed by atoms with Crippen LogP contribution in [0.15, 0.2) is 12.1 Å². The third kappa shape index (κ3) is 5.98. The van der Waals surface area contributed by atoms with Crippen LogP contribution in [0.4, 0.5) is 24.7 Å². The maximum atomic E-state index is 13.0. The minimum absolute atomic E-state index is 0.0818. The number of likely N-dealkylation sites (tertiary alicyclic amines) is 1. The van der Waals surface area contributed by atoms with Crippen LogP contribution in [-0.2, 0) is 19.1 Å². The predicted octanol–water partition coefficient (Wildman–Crippen LogP) is 1.97. The summed E-state index contributed by atoms with van der Waals surface area (Å²) in [5.41, 5.74) is 0.465. The van der Waals surface area contributed by atoms with E-state index in [0.29, 0.717) is 10.6 Å². The van der Waals surface area contributed by atoms with Gasteiger partial charge in [0.05, 0.1) is 19.4 Å². The lowest BCUT2D eigenvalue weighted by atomic mass is 10.0. The number of amides is 2. The first-order chi connectivity index (χ1) is 14.6. The number of carbonyl (C=O) groups is 3. The van der Waals surface area contributed by atoms with Crippen molar-refractivity contribution in [2.24, 2.45) is 0 Å². The quantitative estimate of drug-likeness (QED) is 0.505. The van der Waals surface area contributed by atoms with Crippen LogP contribution >= 0.6 is 0 Å². The van der Waals surface area contributed by atoms with Crippen molar-refractivity contribution in [1.82, 2.24) is 9.88 Å². The summed E-state index contributed by atoms with van der Waals surface area (Å²) >= 11 is 0. The molecule has 1 N–H and O–H groups in total. The van der Waals surface area contributed by atoms with Gasteiger partial charge in [-0.1, -0.05) is 0 Å². The number of anilines is 2. The number of nitrogens with zero attached hydrogens (tertiary/aromatic N) is 3. The zero-order valence-electron chi connectivity index (χ0n) is 17.5. The van der Waals surface area contributed by atoms with E-state index < -0.39 is 36.4 Å². The molecule has 1 aromatic heterocycles. The monoisotopic (exact) mass is 446 g/mol. The van der Waals surface area contributed by atoms with Crippen LogP contribution in [0.5, 0.6) is 5.88 Å². The van der Waals surface area contributed by atoms with E-state index in [-0.39, 0.29) is 44.2 Å². The summed E-state index contributed by atoms with van der Waals surface area (Å²) in [7, 11) is 3.02. The van der Waals surface area contributed by atoms with E-state index in [2.05, 4.69) is 10.3 Å². The highest BCUT2D eigenvalue weighted by molar-refractivity contribution is 6.04. The summed E-state index contributed by atoms with van der Waals surface area (Å²) in [5.74, 6) is -2.86. The number of carbonyl (C=O) groups excluding carboxylic acids is 3. The summed E-state index contributed by atoms with van der Waals surface area (Å²) in [6, 6.07) is 2.63. The van der Waals surface area contributed by atoms with Crippen molar-refractivity contribution in [2.45, 2.75) is 38.4 Å². The first kappa shape index (κ1) is 24.2. The first-order valence-electron chi connectivity index (χ1n) is 9.68. The molecule has 9 nitrogen and oxygen atoms in total. The average molecular weight is 446 g/mol. The second kappa shape index (κ2) is 10.3. The van der Waals surface area contributed by atoms with Gasteiger partial charge in [0.1, 0.15) is 6.42 Å². The summed E-state index contributed by atoms with van der Waals surface area (Å²) in [4.78, 5) is 42.7. The molecule has 1 saturated heterocycles. The molecule has 0 spiro atoms. The molecule has 2 heterocycles. The lowest BCUT2D eigenvalue weighted by Gasteiger charge is -2.38. The molecule has 172 valence electrons. The minimum atomic E-state index is -4.96. The zero-order chi connectivity index (χ0) is 23.2. The fourth-order valence-electron chi connectivity index (χ4n) is 3.35. The second-order valence-corrected chi connectivity index (χ2v) is 6.74. The molecule has 1 aromatic rings. The van der Waals surface area contributed by atoms with Crippen molar-refractivity contribution in [2.75, 3.05) is 44.1 Å². The number of piperidine rings is 1. The largest absolute Gasteiger partial charge is 0.481 e. The molecule has 1 aliphatic rings. The van der Waals surface area contributed by atoms with Crippen molar-refractivity contribution in [3.8, 4) is 5.88 Å². The van der Waals surface area contributed by atoms with Gasteiger partial charge >= 0.3 is 18.1 Å². The normalized spacial score (nSPS) is 14.7. The number of esters is 1. The predicted molar refractivity (Wildman–Crippen MR) is 105 cm³/mol. The summed E-state index contributed by atoms with van der Waals surface area (Å²) in [6.07, 6.45) is -5.35. The second-order valence-electron chi connectivity index (χ2n) is 6.74. The highest BCUT2D eigenvalue weighted by atomic mass is 19.4. The fourth-order valence-corrected chi connectivity index (χ4v) is 3.35. The number of pyridine rings is 1. The van der Waals surface area contributed by atoms with Gasteiger partial charge in [-0.15, -0.1) is 0 Å². The Bertz CT molecular complexity index is 810. The van der Waals surface area contributed by atoms with E-state index in [1.54, 1.807) is 26.1 Å². The van der Waals surface area contributed by atoms with E-state index in [0.717, 1.165) is 0 Å².